The molecule has 0 aliphatic carbocycles. The molecule has 21 aromatic rings. The third kappa shape index (κ3) is 7.85. The topological polar surface area (TPSA) is 32.8 Å². The molecule has 452 valence electrons. The number of anilines is 3. The van der Waals surface area contributed by atoms with Crippen molar-refractivity contribution in [3.05, 3.63) is 346 Å². The summed E-state index contributed by atoms with van der Waals surface area (Å²) in [4.78, 5) is 2.57. The van der Waals surface area contributed by atoms with Gasteiger partial charge in [0.05, 0.1) is 117 Å². The van der Waals surface area contributed by atoms with Crippen molar-refractivity contribution >= 4 is 148 Å². The summed E-state index contributed by atoms with van der Waals surface area (Å²) in [7, 11) is 0. The molecule has 0 unspecified atom stereocenters. The molecule has 0 saturated carbocycles. The van der Waals surface area contributed by atoms with Gasteiger partial charge < -0.3 is 32.3 Å². The summed E-state index contributed by atoms with van der Waals surface area (Å²) in [6, 6.07) is 129. The first-order valence-electron chi connectivity index (χ1n) is 33.3. The minimum Gasteiger partial charge on any atom is -0.310 e. The van der Waals surface area contributed by atoms with Crippen LogP contribution in [0.4, 0.5) is 17.1 Å². The van der Waals surface area contributed by atoms with E-state index in [9.17, 15) is 0 Å². The highest BCUT2D eigenvalue weighted by molar-refractivity contribution is 6.15. The van der Waals surface area contributed by atoms with Crippen molar-refractivity contribution in [3.8, 4) is 34.1 Å². The molecule has 0 atom stereocenters. The van der Waals surface area contributed by atoms with Crippen molar-refractivity contribution in [2.45, 2.75) is 0 Å². The summed E-state index contributed by atoms with van der Waals surface area (Å²) in [5.74, 6) is 0. The average Bonchev–Trinajstić information content (AvgIpc) is 1.70. The molecule has 21 rings (SSSR count). The number of rotatable bonds is 9. The van der Waals surface area contributed by atoms with E-state index in [-0.39, 0.29) is 0 Å². The maximum Gasteiger partial charge on any atom is 0.0541 e. The second kappa shape index (κ2) is 20.7. The van der Waals surface area contributed by atoms with E-state index in [1.165, 1.54) is 64.6 Å². The molecule has 15 aromatic carbocycles. The lowest BCUT2D eigenvalue weighted by atomic mass is 10.1. The molecule has 6 aromatic heterocycles. The van der Waals surface area contributed by atoms with Crippen molar-refractivity contribution in [1.29, 1.82) is 0 Å². The van der Waals surface area contributed by atoms with Crippen LogP contribution in [0.1, 0.15) is 0 Å². The third-order valence-electron chi connectivity index (χ3n) is 20.5. The number of hydrogen-bond acceptors (Lipinski definition) is 1. The summed E-state index contributed by atoms with van der Waals surface area (Å²) in [5.41, 5.74) is 22.6. The third-order valence-corrected chi connectivity index (χ3v) is 20.5. The number of hydrogen-bond donors (Lipinski definition) is 0. The zero-order valence-electron chi connectivity index (χ0n) is 52.5. The molecule has 7 heteroatoms. The van der Waals surface area contributed by atoms with Crippen molar-refractivity contribution < 1.29 is 0 Å². The molecule has 7 nitrogen and oxygen atoms in total. The molecular weight excluding hydrogens is 1180 g/mol. The van der Waals surface area contributed by atoms with Gasteiger partial charge in [0.2, 0.25) is 0 Å². The Morgan fingerprint density at radius 1 is 0.134 bits per heavy atom. The Balaban J connectivity index is 0.960. The van der Waals surface area contributed by atoms with Gasteiger partial charge in [0.25, 0.3) is 0 Å². The molecule has 0 radical (unpaired) electrons. The van der Waals surface area contributed by atoms with Crippen LogP contribution in [0.2, 0.25) is 0 Å². The number of benzene rings is 15. The first-order valence-corrected chi connectivity index (χ1v) is 33.3. The van der Waals surface area contributed by atoms with Crippen LogP contribution < -0.4 is 4.90 Å². The van der Waals surface area contributed by atoms with E-state index in [1.54, 1.807) is 0 Å². The fourth-order valence-corrected chi connectivity index (χ4v) is 16.6. The molecule has 0 aliphatic rings. The number of para-hydroxylation sites is 12. The van der Waals surface area contributed by atoms with Gasteiger partial charge in [0.15, 0.2) is 0 Å². The molecule has 0 spiro atoms. The summed E-state index contributed by atoms with van der Waals surface area (Å²) < 4.78 is 14.9. The second-order valence-electron chi connectivity index (χ2n) is 25.7. The van der Waals surface area contributed by atoms with E-state index < -0.39 is 0 Å². The zero-order valence-corrected chi connectivity index (χ0v) is 52.5. The van der Waals surface area contributed by atoms with E-state index in [1.807, 2.05) is 0 Å². The quantitative estimate of drug-likeness (QED) is 0.142. The van der Waals surface area contributed by atoms with Gasteiger partial charge in [-0.2, -0.15) is 0 Å². The molecule has 6 heterocycles. The van der Waals surface area contributed by atoms with Crippen LogP contribution in [0.5, 0.6) is 0 Å². The molecule has 0 amide bonds. The molecule has 0 N–H and O–H groups in total. The van der Waals surface area contributed by atoms with Gasteiger partial charge in [0.1, 0.15) is 0 Å². The second-order valence-corrected chi connectivity index (χ2v) is 25.7. The fraction of sp³-hybridized carbons (Fsp3) is 0. The van der Waals surface area contributed by atoms with E-state index >= 15 is 0 Å². The normalized spacial score (nSPS) is 12.1. The predicted octanol–water partition coefficient (Wildman–Crippen LogP) is 23.7. The molecule has 0 aliphatic heterocycles. The summed E-state index contributed by atoms with van der Waals surface area (Å²) in [6.07, 6.45) is 0. The standard InChI is InChI=1S/C90H57N7/c1-13-37-79-67(25-1)68-26-2-14-38-80(68)92(79)61-49-58(50-62(55-61)93-81-39-15-3-27-69(81)70-28-4-16-40-82(70)93)91(59-51-63(94-83-41-17-5-29-71(83)72-30-6-18-42-84(72)94)56-64(52-59)95-85-43-19-7-31-73(85)74-32-8-20-44-86(74)95)60-53-65(96-87-45-21-9-33-75(87)76-34-10-22-46-88(76)96)57-66(54-60)97-89-47-23-11-35-77(89)78-36-12-24-48-90(78)97/h1-57H. The smallest absolute Gasteiger partial charge is 0.0541 e. The highest BCUT2D eigenvalue weighted by atomic mass is 15.2. The molecule has 0 fully saturated rings. The highest BCUT2D eigenvalue weighted by Crippen LogP contribution is 2.47. The van der Waals surface area contributed by atoms with Crippen LogP contribution >= 0.6 is 0 Å². The van der Waals surface area contributed by atoms with Crippen molar-refractivity contribution in [2.75, 3.05) is 4.90 Å². The van der Waals surface area contributed by atoms with E-state index in [4.69, 9.17) is 0 Å². The first-order chi connectivity index (χ1) is 48.1. The van der Waals surface area contributed by atoms with E-state index in [0.29, 0.717) is 0 Å². The van der Waals surface area contributed by atoms with Crippen molar-refractivity contribution in [2.24, 2.45) is 0 Å². The lowest BCUT2D eigenvalue weighted by Crippen LogP contribution is -2.14. The molecule has 0 saturated heterocycles. The van der Waals surface area contributed by atoms with Gasteiger partial charge in [-0.25, -0.2) is 0 Å². The predicted molar refractivity (Wildman–Crippen MR) is 407 cm³/mol. The van der Waals surface area contributed by atoms with Crippen LogP contribution in [0.3, 0.4) is 0 Å². The number of aromatic nitrogens is 6. The Labute approximate surface area is 556 Å². The van der Waals surface area contributed by atoms with Crippen molar-refractivity contribution in [3.63, 3.8) is 0 Å². The molecule has 0 bridgehead atoms. The Morgan fingerprint density at radius 2 is 0.247 bits per heavy atom. The van der Waals surface area contributed by atoms with Gasteiger partial charge >= 0.3 is 0 Å². The Bertz CT molecular complexity index is 5490. The van der Waals surface area contributed by atoms with Crippen LogP contribution in [-0.2, 0) is 0 Å². The maximum absolute atomic E-state index is 2.57. The van der Waals surface area contributed by atoms with Gasteiger partial charge in [-0.05, 0) is 127 Å². The largest absolute Gasteiger partial charge is 0.310 e. The summed E-state index contributed by atoms with van der Waals surface area (Å²) >= 11 is 0. The minimum atomic E-state index is 0.969. The average molecular weight is 1240 g/mol. The van der Waals surface area contributed by atoms with Gasteiger partial charge in [-0.15, -0.1) is 0 Å². The Hall–Kier alpha value is -13.1. The lowest BCUT2D eigenvalue weighted by molar-refractivity contribution is 1.10. The van der Waals surface area contributed by atoms with Gasteiger partial charge in [-0.3, -0.25) is 0 Å². The van der Waals surface area contributed by atoms with E-state index in [2.05, 4.69) is 378 Å². The van der Waals surface area contributed by atoms with Crippen LogP contribution in [0.25, 0.3) is 165 Å². The maximum atomic E-state index is 2.57. The Morgan fingerprint density at radius 3 is 0.371 bits per heavy atom. The first kappa shape index (κ1) is 53.4. The van der Waals surface area contributed by atoms with E-state index in [0.717, 1.165) is 117 Å². The monoisotopic (exact) mass is 1240 g/mol. The summed E-state index contributed by atoms with van der Waals surface area (Å²) in [5, 5.41) is 14.4. The van der Waals surface area contributed by atoms with Gasteiger partial charge in [0, 0.05) is 64.6 Å². The number of fused-ring (bicyclic) bond motifs is 18. The SMILES string of the molecule is c1ccc2c(c1)c1ccccc1n2-c1cc(N(c2cc(-n3c4ccccc4c4ccccc43)cc(-n3c4ccccc4c4ccccc43)c2)c2cc(-n3c4ccccc4c4ccccc43)cc(-n3c4ccccc4c4ccccc43)c2)cc(-n2c3ccccc3c3ccccc32)c1. The van der Waals surface area contributed by atoms with Gasteiger partial charge in [-0.1, -0.05) is 218 Å². The van der Waals surface area contributed by atoms with Crippen LogP contribution in [0, 0.1) is 0 Å². The summed E-state index contributed by atoms with van der Waals surface area (Å²) in [6.45, 7) is 0. The van der Waals surface area contributed by atoms with Crippen LogP contribution in [0.15, 0.2) is 346 Å². The molecule has 97 heavy (non-hydrogen) atoms. The zero-order chi connectivity index (χ0) is 63.4. The Kier molecular flexibility index (Phi) is 11.4. The van der Waals surface area contributed by atoms with Crippen molar-refractivity contribution in [1.82, 2.24) is 27.4 Å². The number of nitrogens with zero attached hydrogens (tertiary/aromatic N) is 7. The lowest BCUT2D eigenvalue weighted by Gasteiger charge is -2.30. The minimum absolute atomic E-state index is 0.969. The fourth-order valence-electron chi connectivity index (χ4n) is 16.6. The molecular formula is C90H57N7. The van der Waals surface area contributed by atoms with Crippen LogP contribution in [-0.4, -0.2) is 27.4 Å². The highest BCUT2D eigenvalue weighted by Gasteiger charge is 2.27.